The molecule has 0 bridgehead atoms. The summed E-state index contributed by atoms with van der Waals surface area (Å²) in [7, 11) is 1.95. The van der Waals surface area contributed by atoms with E-state index in [1.807, 2.05) is 36.0 Å². The molecule has 1 aromatic carbocycles. The zero-order valence-corrected chi connectivity index (χ0v) is 11.2. The lowest BCUT2D eigenvalue weighted by Gasteiger charge is -2.14. The smallest absolute Gasteiger partial charge is 0.0947 e. The predicted octanol–water partition coefficient (Wildman–Crippen LogP) is 1.93. The monoisotopic (exact) mass is 294 g/mol. The maximum atomic E-state index is 5.60. The van der Waals surface area contributed by atoms with Crippen molar-refractivity contribution in [1.29, 1.82) is 0 Å². The highest BCUT2D eigenvalue weighted by Gasteiger charge is 2.14. The molecule has 0 fully saturated rings. The molecule has 3 N–H and O–H groups in total. The summed E-state index contributed by atoms with van der Waals surface area (Å²) < 4.78 is 3.01. The number of rotatable bonds is 4. The van der Waals surface area contributed by atoms with Gasteiger partial charge >= 0.3 is 0 Å². The third kappa shape index (κ3) is 2.94. The van der Waals surface area contributed by atoms with Crippen LogP contribution in [0.5, 0.6) is 0 Å². The van der Waals surface area contributed by atoms with Crippen molar-refractivity contribution in [3.8, 4) is 0 Å². The first-order valence-electron chi connectivity index (χ1n) is 5.38. The molecule has 2 rings (SSSR count). The molecule has 1 unspecified atom stereocenters. The molecule has 0 saturated carbocycles. The van der Waals surface area contributed by atoms with Crippen LogP contribution in [0.3, 0.4) is 0 Å². The van der Waals surface area contributed by atoms with Gasteiger partial charge in [0.1, 0.15) is 0 Å². The average molecular weight is 295 g/mol. The minimum Gasteiger partial charge on any atom is -0.340 e. The second kappa shape index (κ2) is 5.44. The third-order valence-electron chi connectivity index (χ3n) is 2.66. The van der Waals surface area contributed by atoms with Gasteiger partial charge in [-0.05, 0) is 18.1 Å². The molecule has 5 heteroatoms. The van der Waals surface area contributed by atoms with E-state index < -0.39 is 0 Å². The number of imidazole rings is 1. The molecule has 0 aliphatic carbocycles. The summed E-state index contributed by atoms with van der Waals surface area (Å²) in [5.74, 6) is 5.60. The molecular weight excluding hydrogens is 280 g/mol. The Morgan fingerprint density at radius 2 is 2.24 bits per heavy atom. The Morgan fingerprint density at radius 1 is 1.47 bits per heavy atom. The summed E-state index contributed by atoms with van der Waals surface area (Å²) in [6, 6.07) is 8.15. The van der Waals surface area contributed by atoms with E-state index >= 15 is 0 Å². The quantitative estimate of drug-likeness (QED) is 0.669. The molecule has 90 valence electrons. The highest BCUT2D eigenvalue weighted by Crippen LogP contribution is 2.22. The lowest BCUT2D eigenvalue weighted by Crippen LogP contribution is -2.30. The van der Waals surface area contributed by atoms with Crippen LogP contribution in [-0.4, -0.2) is 9.55 Å². The highest BCUT2D eigenvalue weighted by atomic mass is 79.9. The van der Waals surface area contributed by atoms with Crippen molar-refractivity contribution in [3.05, 3.63) is 52.5 Å². The number of aromatic nitrogens is 2. The Kier molecular flexibility index (Phi) is 3.93. The average Bonchev–Trinajstić information content (AvgIpc) is 2.75. The van der Waals surface area contributed by atoms with Gasteiger partial charge in [0.2, 0.25) is 0 Å². The van der Waals surface area contributed by atoms with Crippen LogP contribution >= 0.6 is 15.9 Å². The zero-order valence-electron chi connectivity index (χ0n) is 9.60. The Hall–Kier alpha value is -1.17. The molecule has 4 nitrogen and oxygen atoms in total. The van der Waals surface area contributed by atoms with Crippen LogP contribution in [0.2, 0.25) is 0 Å². The summed E-state index contributed by atoms with van der Waals surface area (Å²) in [6.07, 6.45) is 4.55. The number of halogens is 1. The maximum Gasteiger partial charge on any atom is 0.0947 e. The highest BCUT2D eigenvalue weighted by molar-refractivity contribution is 9.10. The van der Waals surface area contributed by atoms with Crippen molar-refractivity contribution in [2.75, 3.05) is 0 Å². The van der Waals surface area contributed by atoms with Gasteiger partial charge in [0.15, 0.2) is 0 Å². The molecule has 0 amide bonds. The molecule has 2 aromatic rings. The first-order valence-corrected chi connectivity index (χ1v) is 6.17. The minimum absolute atomic E-state index is 0.0231. The van der Waals surface area contributed by atoms with E-state index in [0.29, 0.717) is 0 Å². The number of aryl methyl sites for hydroxylation is 1. The number of hydrazine groups is 1. The molecule has 1 atom stereocenters. The SMILES string of the molecule is Cn1cnc(C(Cc2ccccc2Br)NN)c1. The molecule has 17 heavy (non-hydrogen) atoms. The molecule has 1 aromatic heterocycles. The summed E-state index contributed by atoms with van der Waals surface area (Å²) >= 11 is 3.54. The van der Waals surface area contributed by atoms with Crippen molar-refractivity contribution >= 4 is 15.9 Å². The Balaban J connectivity index is 2.18. The van der Waals surface area contributed by atoms with E-state index in [-0.39, 0.29) is 6.04 Å². The second-order valence-corrected chi connectivity index (χ2v) is 4.83. The van der Waals surface area contributed by atoms with Gasteiger partial charge in [-0.25, -0.2) is 4.98 Å². The van der Waals surface area contributed by atoms with Crippen molar-refractivity contribution in [2.45, 2.75) is 12.5 Å². The predicted molar refractivity (Wildman–Crippen MR) is 71.1 cm³/mol. The minimum atomic E-state index is 0.0231. The van der Waals surface area contributed by atoms with Gasteiger partial charge in [0, 0.05) is 17.7 Å². The van der Waals surface area contributed by atoms with Gasteiger partial charge in [-0.2, -0.15) is 0 Å². The van der Waals surface area contributed by atoms with Gasteiger partial charge in [-0.15, -0.1) is 0 Å². The number of benzene rings is 1. The third-order valence-corrected chi connectivity index (χ3v) is 3.44. The van der Waals surface area contributed by atoms with E-state index in [0.717, 1.165) is 16.6 Å². The normalized spacial score (nSPS) is 12.6. The molecule has 0 aliphatic rings. The van der Waals surface area contributed by atoms with Gasteiger partial charge in [-0.1, -0.05) is 34.1 Å². The summed E-state index contributed by atoms with van der Waals surface area (Å²) in [4.78, 5) is 4.32. The number of nitrogens with one attached hydrogen (secondary N) is 1. The van der Waals surface area contributed by atoms with Gasteiger partial charge in [-0.3, -0.25) is 11.3 Å². The first-order chi connectivity index (χ1) is 8.20. The van der Waals surface area contributed by atoms with Gasteiger partial charge in [0.05, 0.1) is 18.1 Å². The standard InChI is InChI=1S/C12H15BrN4/c1-17-7-12(15-8-17)11(16-14)6-9-4-2-3-5-10(9)13/h2-5,7-8,11,16H,6,14H2,1H3. The van der Waals surface area contributed by atoms with Crippen LogP contribution in [0.15, 0.2) is 41.3 Å². The van der Waals surface area contributed by atoms with E-state index in [4.69, 9.17) is 5.84 Å². The number of hydrogen-bond donors (Lipinski definition) is 2. The van der Waals surface area contributed by atoms with Crippen LogP contribution in [0.1, 0.15) is 17.3 Å². The van der Waals surface area contributed by atoms with Crippen molar-refractivity contribution in [3.63, 3.8) is 0 Å². The summed E-state index contributed by atoms with van der Waals surface area (Å²) in [6.45, 7) is 0. The Morgan fingerprint density at radius 3 is 2.82 bits per heavy atom. The zero-order chi connectivity index (χ0) is 12.3. The van der Waals surface area contributed by atoms with E-state index in [1.165, 1.54) is 5.56 Å². The van der Waals surface area contributed by atoms with Crippen molar-refractivity contribution < 1.29 is 0 Å². The number of nitrogens with zero attached hydrogens (tertiary/aromatic N) is 2. The lowest BCUT2D eigenvalue weighted by atomic mass is 10.0. The fourth-order valence-corrected chi connectivity index (χ4v) is 2.19. The van der Waals surface area contributed by atoms with E-state index in [9.17, 15) is 0 Å². The van der Waals surface area contributed by atoms with E-state index in [2.05, 4.69) is 32.4 Å². The number of hydrogen-bond acceptors (Lipinski definition) is 3. The van der Waals surface area contributed by atoms with Crippen molar-refractivity contribution in [1.82, 2.24) is 15.0 Å². The fourth-order valence-electron chi connectivity index (χ4n) is 1.75. The fraction of sp³-hybridized carbons (Fsp3) is 0.250. The van der Waals surface area contributed by atoms with Crippen LogP contribution in [0.4, 0.5) is 0 Å². The Bertz CT molecular complexity index is 495. The molecule has 0 saturated heterocycles. The Labute approximate surface area is 109 Å². The van der Waals surface area contributed by atoms with Crippen LogP contribution in [0, 0.1) is 0 Å². The topological polar surface area (TPSA) is 55.9 Å². The van der Waals surface area contributed by atoms with Crippen LogP contribution in [-0.2, 0) is 13.5 Å². The van der Waals surface area contributed by atoms with Crippen LogP contribution in [0.25, 0.3) is 0 Å². The summed E-state index contributed by atoms with van der Waals surface area (Å²) in [5.41, 5.74) is 4.97. The van der Waals surface area contributed by atoms with E-state index in [1.54, 1.807) is 6.33 Å². The molecule has 0 spiro atoms. The molecular formula is C12H15BrN4. The maximum absolute atomic E-state index is 5.60. The number of nitrogens with two attached hydrogens (primary N) is 1. The second-order valence-electron chi connectivity index (χ2n) is 3.98. The van der Waals surface area contributed by atoms with Gasteiger partial charge < -0.3 is 4.57 Å². The lowest BCUT2D eigenvalue weighted by molar-refractivity contribution is 0.539. The first kappa shape index (κ1) is 12.3. The molecule has 0 aliphatic heterocycles. The van der Waals surface area contributed by atoms with Crippen LogP contribution < -0.4 is 11.3 Å². The van der Waals surface area contributed by atoms with Gasteiger partial charge in [0.25, 0.3) is 0 Å². The molecule has 0 radical (unpaired) electrons. The van der Waals surface area contributed by atoms with Crippen molar-refractivity contribution in [2.24, 2.45) is 12.9 Å². The molecule has 1 heterocycles. The largest absolute Gasteiger partial charge is 0.340 e. The summed E-state index contributed by atoms with van der Waals surface area (Å²) in [5, 5.41) is 0.